The van der Waals surface area contributed by atoms with Gasteiger partial charge in [0.25, 0.3) is 0 Å². The van der Waals surface area contributed by atoms with Crippen molar-refractivity contribution in [1.82, 2.24) is 14.8 Å². The molecule has 0 spiro atoms. The van der Waals surface area contributed by atoms with Gasteiger partial charge in [-0.2, -0.15) is 5.10 Å². The predicted molar refractivity (Wildman–Crippen MR) is 110 cm³/mol. The fraction of sp³-hybridized carbons (Fsp3) is 0.600. The first kappa shape index (κ1) is 21.0. The van der Waals surface area contributed by atoms with Gasteiger partial charge in [-0.1, -0.05) is 6.92 Å². The molecule has 2 aromatic rings. The van der Waals surface area contributed by atoms with Crippen LogP contribution in [0.5, 0.6) is 0 Å². The molecular formula is C20H30N6O3. The van der Waals surface area contributed by atoms with Crippen LogP contribution in [0.2, 0.25) is 0 Å². The van der Waals surface area contributed by atoms with E-state index in [1.165, 1.54) is 0 Å². The summed E-state index contributed by atoms with van der Waals surface area (Å²) >= 11 is 0. The van der Waals surface area contributed by atoms with E-state index in [1.807, 2.05) is 24.7 Å². The molecule has 0 aliphatic carbocycles. The standard InChI is InChI=1S/C20H30N6O3/c1-3-16-14(9-12(19(22)28)10-17(21)27)18(24-13-5-7-29-8-6-13)15-11-23-26(4-2)20(15)25-16/h11-13H,3-10H2,1-2H3,(H2,21,27)(H2,22,28)(H,24,25). The fourth-order valence-electron chi connectivity index (χ4n) is 3.89. The van der Waals surface area contributed by atoms with Gasteiger partial charge in [0.15, 0.2) is 5.65 Å². The van der Waals surface area contributed by atoms with E-state index < -0.39 is 17.7 Å². The van der Waals surface area contributed by atoms with E-state index in [4.69, 9.17) is 21.2 Å². The summed E-state index contributed by atoms with van der Waals surface area (Å²) in [6.45, 7) is 6.18. The van der Waals surface area contributed by atoms with Gasteiger partial charge in [0.2, 0.25) is 11.8 Å². The van der Waals surface area contributed by atoms with Crippen molar-refractivity contribution in [3.63, 3.8) is 0 Å². The summed E-state index contributed by atoms with van der Waals surface area (Å²) in [5, 5.41) is 9.04. The average molecular weight is 402 g/mol. The Hall–Kier alpha value is -2.68. The lowest BCUT2D eigenvalue weighted by molar-refractivity contribution is -0.126. The summed E-state index contributed by atoms with van der Waals surface area (Å²) in [4.78, 5) is 28.3. The molecule has 0 bridgehead atoms. The number of hydrogen-bond acceptors (Lipinski definition) is 6. The number of amides is 2. The first-order valence-corrected chi connectivity index (χ1v) is 10.2. The van der Waals surface area contributed by atoms with Crippen LogP contribution >= 0.6 is 0 Å². The molecule has 1 atom stereocenters. The van der Waals surface area contributed by atoms with Crippen molar-refractivity contribution in [3.8, 4) is 0 Å². The monoisotopic (exact) mass is 402 g/mol. The number of primary amides is 2. The quantitative estimate of drug-likeness (QED) is 0.575. The highest BCUT2D eigenvalue weighted by molar-refractivity contribution is 5.92. The SMILES string of the molecule is CCc1nc2c(cnn2CC)c(NC2CCOCC2)c1CC(CC(N)=O)C(N)=O. The fourth-order valence-corrected chi connectivity index (χ4v) is 3.89. The van der Waals surface area contributed by atoms with E-state index in [0.717, 1.165) is 40.8 Å². The third-order valence-electron chi connectivity index (χ3n) is 5.48. The first-order valence-electron chi connectivity index (χ1n) is 10.2. The molecule has 1 fully saturated rings. The van der Waals surface area contributed by atoms with E-state index in [9.17, 15) is 9.59 Å². The Morgan fingerprint density at radius 1 is 1.31 bits per heavy atom. The minimum absolute atomic E-state index is 0.0819. The van der Waals surface area contributed by atoms with Crippen LogP contribution in [0.3, 0.4) is 0 Å². The molecule has 29 heavy (non-hydrogen) atoms. The lowest BCUT2D eigenvalue weighted by atomic mass is 9.91. The van der Waals surface area contributed by atoms with E-state index in [0.29, 0.717) is 32.6 Å². The zero-order valence-corrected chi connectivity index (χ0v) is 17.1. The summed E-state index contributed by atoms with van der Waals surface area (Å²) < 4.78 is 7.34. The van der Waals surface area contributed by atoms with Crippen molar-refractivity contribution in [3.05, 3.63) is 17.5 Å². The molecule has 1 aliphatic heterocycles. The van der Waals surface area contributed by atoms with Crippen LogP contribution in [0.25, 0.3) is 11.0 Å². The molecule has 158 valence electrons. The summed E-state index contributed by atoms with van der Waals surface area (Å²) in [7, 11) is 0. The van der Waals surface area contributed by atoms with Crippen molar-refractivity contribution in [2.24, 2.45) is 17.4 Å². The number of carbonyl (C=O) groups is 2. The Kier molecular flexibility index (Phi) is 6.68. The number of hydrogen-bond donors (Lipinski definition) is 3. The second kappa shape index (κ2) is 9.21. The predicted octanol–water partition coefficient (Wildman–Crippen LogP) is 1.12. The lowest BCUT2D eigenvalue weighted by Crippen LogP contribution is -2.31. The molecule has 9 nitrogen and oxygen atoms in total. The van der Waals surface area contributed by atoms with Crippen molar-refractivity contribution >= 4 is 28.5 Å². The molecule has 5 N–H and O–H groups in total. The van der Waals surface area contributed by atoms with Gasteiger partial charge in [-0.05, 0) is 38.2 Å². The van der Waals surface area contributed by atoms with Crippen molar-refractivity contribution in [2.75, 3.05) is 18.5 Å². The summed E-state index contributed by atoms with van der Waals surface area (Å²) in [5.74, 6) is -1.75. The number of ether oxygens (including phenoxy) is 1. The van der Waals surface area contributed by atoms with Gasteiger partial charge in [-0.15, -0.1) is 0 Å². The molecule has 2 aromatic heterocycles. The van der Waals surface area contributed by atoms with Gasteiger partial charge in [0.1, 0.15) is 0 Å². The highest BCUT2D eigenvalue weighted by Crippen LogP contribution is 2.33. The number of carbonyl (C=O) groups excluding carboxylic acids is 2. The Morgan fingerprint density at radius 3 is 2.62 bits per heavy atom. The lowest BCUT2D eigenvalue weighted by Gasteiger charge is -2.27. The van der Waals surface area contributed by atoms with E-state index >= 15 is 0 Å². The minimum atomic E-state index is -0.673. The largest absolute Gasteiger partial charge is 0.381 e. The third kappa shape index (κ3) is 4.67. The maximum atomic E-state index is 12.0. The highest BCUT2D eigenvalue weighted by atomic mass is 16.5. The highest BCUT2D eigenvalue weighted by Gasteiger charge is 2.26. The number of aromatic nitrogens is 3. The number of anilines is 1. The first-order chi connectivity index (χ1) is 13.9. The van der Waals surface area contributed by atoms with Gasteiger partial charge >= 0.3 is 0 Å². The molecule has 0 saturated carbocycles. The number of pyridine rings is 1. The van der Waals surface area contributed by atoms with E-state index in [2.05, 4.69) is 10.4 Å². The van der Waals surface area contributed by atoms with Crippen LogP contribution in [0, 0.1) is 5.92 Å². The van der Waals surface area contributed by atoms with Crippen molar-refractivity contribution in [2.45, 2.75) is 58.5 Å². The van der Waals surface area contributed by atoms with Crippen LogP contribution in [-0.4, -0.2) is 45.8 Å². The normalized spacial score (nSPS) is 16.1. The molecule has 1 saturated heterocycles. The van der Waals surface area contributed by atoms with E-state index in [-0.39, 0.29) is 12.5 Å². The molecule has 1 aliphatic rings. The zero-order valence-electron chi connectivity index (χ0n) is 17.1. The van der Waals surface area contributed by atoms with Crippen LogP contribution in [0.4, 0.5) is 5.69 Å². The van der Waals surface area contributed by atoms with Gasteiger partial charge in [-0.25, -0.2) is 9.67 Å². The number of nitrogens with two attached hydrogens (primary N) is 2. The number of fused-ring (bicyclic) bond motifs is 1. The number of nitrogens with zero attached hydrogens (tertiary/aromatic N) is 3. The van der Waals surface area contributed by atoms with Crippen LogP contribution in [-0.2, 0) is 33.7 Å². The maximum Gasteiger partial charge on any atom is 0.221 e. The van der Waals surface area contributed by atoms with Gasteiger partial charge < -0.3 is 21.5 Å². The molecule has 0 aromatic carbocycles. The Labute approximate surface area is 170 Å². The number of rotatable bonds is 9. The van der Waals surface area contributed by atoms with Crippen LogP contribution < -0.4 is 16.8 Å². The zero-order chi connectivity index (χ0) is 21.0. The van der Waals surface area contributed by atoms with Crippen molar-refractivity contribution < 1.29 is 14.3 Å². The minimum Gasteiger partial charge on any atom is -0.381 e. The van der Waals surface area contributed by atoms with Gasteiger partial charge in [0.05, 0.1) is 23.2 Å². The average Bonchev–Trinajstić information content (AvgIpc) is 3.11. The van der Waals surface area contributed by atoms with Crippen LogP contribution in [0.1, 0.15) is 44.4 Å². The molecule has 2 amide bonds. The Balaban J connectivity index is 2.10. The molecule has 3 heterocycles. The molecule has 9 heteroatoms. The second-order valence-corrected chi connectivity index (χ2v) is 7.47. The molecule has 3 rings (SSSR count). The second-order valence-electron chi connectivity index (χ2n) is 7.47. The Morgan fingerprint density at radius 2 is 2.03 bits per heavy atom. The topological polar surface area (TPSA) is 138 Å². The number of nitrogens with one attached hydrogen (secondary N) is 1. The van der Waals surface area contributed by atoms with Crippen molar-refractivity contribution in [1.29, 1.82) is 0 Å². The maximum absolute atomic E-state index is 12.0. The summed E-state index contributed by atoms with van der Waals surface area (Å²) in [5.41, 5.74) is 14.4. The molecule has 1 unspecified atom stereocenters. The summed E-state index contributed by atoms with van der Waals surface area (Å²) in [6, 6.07) is 0.256. The van der Waals surface area contributed by atoms with Gasteiger partial charge in [0, 0.05) is 37.9 Å². The third-order valence-corrected chi connectivity index (χ3v) is 5.48. The van der Waals surface area contributed by atoms with Gasteiger partial charge in [-0.3, -0.25) is 9.59 Å². The Bertz CT molecular complexity index is 888. The smallest absolute Gasteiger partial charge is 0.221 e. The summed E-state index contributed by atoms with van der Waals surface area (Å²) in [6.07, 6.45) is 4.52. The molecule has 0 radical (unpaired) electrons. The van der Waals surface area contributed by atoms with E-state index in [1.54, 1.807) is 0 Å². The molecular weight excluding hydrogens is 372 g/mol. The van der Waals surface area contributed by atoms with Crippen LogP contribution in [0.15, 0.2) is 6.20 Å². The number of aryl methyl sites for hydroxylation is 2.